The number of halogens is 2. The molecule has 1 amide bonds. The largest absolute Gasteiger partial charge is 0.334 e. The van der Waals surface area contributed by atoms with E-state index in [1.165, 1.54) is 5.56 Å². The van der Waals surface area contributed by atoms with Crippen molar-refractivity contribution in [1.29, 1.82) is 0 Å². The highest BCUT2D eigenvalue weighted by molar-refractivity contribution is 9.10. The number of hydrogen-bond acceptors (Lipinski definition) is 2. The lowest BCUT2D eigenvalue weighted by Gasteiger charge is -2.44. The van der Waals surface area contributed by atoms with E-state index in [0.717, 1.165) is 34.7 Å². The molecule has 5 heteroatoms. The van der Waals surface area contributed by atoms with Crippen molar-refractivity contribution < 1.29 is 4.79 Å². The summed E-state index contributed by atoms with van der Waals surface area (Å²) in [6.07, 6.45) is 3.56. The van der Waals surface area contributed by atoms with E-state index in [0.29, 0.717) is 6.04 Å². The monoisotopic (exact) mass is 446 g/mol. The summed E-state index contributed by atoms with van der Waals surface area (Å²) in [6.45, 7) is 6.77. The topological polar surface area (TPSA) is 23.6 Å². The highest BCUT2D eigenvalue weighted by Gasteiger charge is 2.30. The minimum atomic E-state index is 0.0726. The molecule has 27 heavy (non-hydrogen) atoms. The molecule has 0 radical (unpaired) electrons. The Bertz CT molecular complexity index is 804. The van der Waals surface area contributed by atoms with Crippen LogP contribution >= 0.6 is 27.5 Å². The minimum absolute atomic E-state index is 0.0726. The summed E-state index contributed by atoms with van der Waals surface area (Å²) in [5.41, 5.74) is 2.27. The molecule has 1 saturated heterocycles. The molecule has 142 valence electrons. The average molecular weight is 448 g/mol. The van der Waals surface area contributed by atoms with Crippen molar-refractivity contribution in [3.63, 3.8) is 0 Å². The maximum atomic E-state index is 12.7. The maximum absolute atomic E-state index is 12.7. The smallest absolute Gasteiger partial charge is 0.246 e. The van der Waals surface area contributed by atoms with Crippen LogP contribution in [0.15, 0.2) is 59.1 Å². The number of rotatable bonds is 4. The van der Waals surface area contributed by atoms with E-state index in [4.69, 9.17) is 11.6 Å². The van der Waals surface area contributed by atoms with Crippen molar-refractivity contribution in [3.8, 4) is 0 Å². The Balaban J connectivity index is 1.61. The van der Waals surface area contributed by atoms with Gasteiger partial charge in [0, 0.05) is 47.3 Å². The van der Waals surface area contributed by atoms with Gasteiger partial charge in [0.2, 0.25) is 5.91 Å². The molecule has 0 aliphatic carbocycles. The zero-order valence-corrected chi connectivity index (χ0v) is 18.0. The second-order valence-electron chi connectivity index (χ2n) is 7.13. The van der Waals surface area contributed by atoms with Gasteiger partial charge in [0.05, 0.1) is 0 Å². The first-order chi connectivity index (χ1) is 12.9. The van der Waals surface area contributed by atoms with Gasteiger partial charge in [0.1, 0.15) is 0 Å². The average Bonchev–Trinajstić information content (AvgIpc) is 2.65. The lowest BCUT2D eigenvalue weighted by atomic mass is 10.1. The fourth-order valence-electron chi connectivity index (χ4n) is 3.39. The molecule has 3 rings (SSSR count). The van der Waals surface area contributed by atoms with Crippen molar-refractivity contribution in [2.45, 2.75) is 32.5 Å². The highest BCUT2D eigenvalue weighted by Crippen LogP contribution is 2.20. The van der Waals surface area contributed by atoms with Gasteiger partial charge in [0.15, 0.2) is 0 Å². The summed E-state index contributed by atoms with van der Waals surface area (Å²) in [4.78, 5) is 17.1. The van der Waals surface area contributed by atoms with Crippen LogP contribution in [0.3, 0.4) is 0 Å². The molecule has 1 aliphatic heterocycles. The van der Waals surface area contributed by atoms with E-state index < -0.39 is 0 Å². The van der Waals surface area contributed by atoms with Crippen LogP contribution in [0.1, 0.15) is 25.0 Å². The van der Waals surface area contributed by atoms with Crippen LogP contribution < -0.4 is 0 Å². The fraction of sp³-hybridized carbons (Fsp3) is 0.318. The Kier molecular flexibility index (Phi) is 6.74. The van der Waals surface area contributed by atoms with Gasteiger partial charge < -0.3 is 4.90 Å². The molecule has 2 aromatic rings. The molecule has 0 saturated carbocycles. The minimum Gasteiger partial charge on any atom is -0.334 e. The number of amides is 1. The number of benzene rings is 2. The van der Waals surface area contributed by atoms with Crippen LogP contribution in [-0.4, -0.2) is 40.9 Å². The summed E-state index contributed by atoms with van der Waals surface area (Å²) < 4.78 is 1.03. The first-order valence-electron chi connectivity index (χ1n) is 9.15. The van der Waals surface area contributed by atoms with Gasteiger partial charge in [-0.1, -0.05) is 51.8 Å². The lowest BCUT2D eigenvalue weighted by molar-refractivity contribution is -0.131. The third-order valence-corrected chi connectivity index (χ3v) is 5.77. The number of carbonyl (C=O) groups excluding carboxylic acids is 1. The highest BCUT2D eigenvalue weighted by atomic mass is 79.9. The van der Waals surface area contributed by atoms with Crippen molar-refractivity contribution >= 4 is 39.5 Å². The van der Waals surface area contributed by atoms with Crippen LogP contribution in [0.4, 0.5) is 0 Å². The van der Waals surface area contributed by atoms with Gasteiger partial charge >= 0.3 is 0 Å². The molecule has 0 bridgehead atoms. The Hall–Kier alpha value is -1.62. The lowest BCUT2D eigenvalue weighted by Crippen LogP contribution is -2.57. The Morgan fingerprint density at radius 3 is 2.41 bits per heavy atom. The molecule has 1 heterocycles. The normalized spacial score (nSPS) is 21.0. The van der Waals surface area contributed by atoms with E-state index in [1.54, 1.807) is 6.08 Å². The second kappa shape index (κ2) is 9.05. The summed E-state index contributed by atoms with van der Waals surface area (Å²) >= 11 is 9.40. The van der Waals surface area contributed by atoms with Crippen molar-refractivity contribution in [2.75, 3.05) is 13.1 Å². The number of hydrogen-bond donors (Lipinski definition) is 0. The first-order valence-corrected chi connectivity index (χ1v) is 10.3. The Labute approximate surface area is 174 Å². The molecule has 2 unspecified atom stereocenters. The van der Waals surface area contributed by atoms with Crippen molar-refractivity contribution in [3.05, 3.63) is 75.2 Å². The third-order valence-electron chi connectivity index (χ3n) is 4.99. The molecule has 1 aliphatic rings. The molecule has 2 aromatic carbocycles. The van der Waals surface area contributed by atoms with Gasteiger partial charge in [-0.2, -0.15) is 0 Å². The molecule has 3 nitrogen and oxygen atoms in total. The van der Waals surface area contributed by atoms with Gasteiger partial charge in [-0.3, -0.25) is 9.69 Å². The summed E-state index contributed by atoms with van der Waals surface area (Å²) in [5.74, 6) is 0.0726. The molecule has 2 atom stereocenters. The van der Waals surface area contributed by atoms with Gasteiger partial charge in [-0.15, -0.1) is 0 Å². The predicted octanol–water partition coefficient (Wildman–Crippen LogP) is 5.24. The second-order valence-corrected chi connectivity index (χ2v) is 8.48. The summed E-state index contributed by atoms with van der Waals surface area (Å²) in [5, 5.41) is 0.758. The van der Waals surface area contributed by atoms with E-state index in [9.17, 15) is 4.79 Å². The SMILES string of the molecule is CC1CN(C(=O)C=Cc2ccc(Br)cc2)C(C)CN1Cc1ccc(Cl)cc1. The van der Waals surface area contributed by atoms with Gasteiger partial charge in [0.25, 0.3) is 0 Å². The Morgan fingerprint density at radius 1 is 1.07 bits per heavy atom. The number of carbonyl (C=O) groups is 1. The molecular formula is C22H24BrClN2O. The van der Waals surface area contributed by atoms with Crippen LogP contribution in [0.5, 0.6) is 0 Å². The third kappa shape index (κ3) is 5.44. The molecule has 0 aromatic heterocycles. The number of piperazine rings is 1. The molecular weight excluding hydrogens is 424 g/mol. The van der Waals surface area contributed by atoms with Gasteiger partial charge in [-0.25, -0.2) is 0 Å². The predicted molar refractivity (Wildman–Crippen MR) is 116 cm³/mol. The van der Waals surface area contributed by atoms with Crippen LogP contribution in [-0.2, 0) is 11.3 Å². The van der Waals surface area contributed by atoms with Crippen molar-refractivity contribution in [1.82, 2.24) is 9.80 Å². The summed E-state index contributed by atoms with van der Waals surface area (Å²) in [7, 11) is 0. The number of nitrogens with zero attached hydrogens (tertiary/aromatic N) is 2. The van der Waals surface area contributed by atoms with Crippen LogP contribution in [0.25, 0.3) is 6.08 Å². The standard InChI is InChI=1S/C22H24BrClN2O/c1-16-14-26(22(27)12-7-18-3-8-20(23)9-4-18)17(2)13-25(16)15-19-5-10-21(24)11-6-19/h3-12,16-17H,13-15H2,1-2H3. The zero-order valence-electron chi connectivity index (χ0n) is 15.6. The quantitative estimate of drug-likeness (QED) is 0.599. The van der Waals surface area contributed by atoms with E-state index >= 15 is 0 Å². The Morgan fingerprint density at radius 2 is 1.74 bits per heavy atom. The van der Waals surface area contributed by atoms with Gasteiger partial charge in [-0.05, 0) is 55.3 Å². The maximum Gasteiger partial charge on any atom is 0.246 e. The van der Waals surface area contributed by atoms with E-state index in [1.807, 2.05) is 47.4 Å². The first kappa shape index (κ1) is 20.1. The molecule has 1 fully saturated rings. The van der Waals surface area contributed by atoms with Crippen molar-refractivity contribution in [2.24, 2.45) is 0 Å². The van der Waals surface area contributed by atoms with Crippen LogP contribution in [0.2, 0.25) is 5.02 Å². The van der Waals surface area contributed by atoms with E-state index in [2.05, 4.69) is 46.8 Å². The van der Waals surface area contributed by atoms with Crippen LogP contribution in [0, 0.1) is 0 Å². The zero-order chi connectivity index (χ0) is 19.4. The fourth-order valence-corrected chi connectivity index (χ4v) is 3.78. The molecule has 0 N–H and O–H groups in total. The van der Waals surface area contributed by atoms with E-state index in [-0.39, 0.29) is 11.9 Å². The summed E-state index contributed by atoms with van der Waals surface area (Å²) in [6, 6.07) is 16.4. The molecule has 0 spiro atoms.